The van der Waals surface area contributed by atoms with E-state index in [2.05, 4.69) is 15.3 Å². The molecule has 1 aromatic carbocycles. The molecule has 2 rings (SSSR count). The average molecular weight is 308 g/mol. The summed E-state index contributed by atoms with van der Waals surface area (Å²) in [4.78, 5) is 21.2. The van der Waals surface area contributed by atoms with E-state index < -0.39 is 0 Å². The molecule has 20 heavy (non-hydrogen) atoms. The first kappa shape index (κ1) is 14.8. The second-order valence-corrected chi connectivity index (χ2v) is 5.75. The van der Waals surface area contributed by atoms with Crippen molar-refractivity contribution < 1.29 is 4.79 Å². The normalized spacial score (nSPS) is 10.3. The molecule has 1 aromatic heterocycles. The second-order valence-electron chi connectivity index (χ2n) is 4.27. The topological polar surface area (TPSA) is 54.9 Å². The van der Waals surface area contributed by atoms with Crippen molar-refractivity contribution in [3.05, 3.63) is 46.7 Å². The molecule has 0 atom stereocenters. The van der Waals surface area contributed by atoms with Crippen molar-refractivity contribution in [3.8, 4) is 0 Å². The van der Waals surface area contributed by atoms with E-state index in [4.69, 9.17) is 11.6 Å². The van der Waals surface area contributed by atoms with Crippen LogP contribution in [0.1, 0.15) is 11.4 Å². The number of hydrogen-bond acceptors (Lipinski definition) is 4. The van der Waals surface area contributed by atoms with Crippen LogP contribution in [0.4, 0.5) is 5.95 Å². The predicted molar refractivity (Wildman–Crippen MR) is 82.3 cm³/mol. The number of thioether (sulfide) groups is 1. The molecule has 104 valence electrons. The molecule has 1 N–H and O–H groups in total. The first-order chi connectivity index (χ1) is 9.52. The molecule has 0 aliphatic heterocycles. The van der Waals surface area contributed by atoms with Crippen molar-refractivity contribution in [2.24, 2.45) is 0 Å². The van der Waals surface area contributed by atoms with Crippen molar-refractivity contribution in [2.75, 3.05) is 11.1 Å². The number of carbonyl (C=O) groups excluding carboxylic acids is 1. The standard InChI is InChI=1S/C14H14ClN3OS/c1-9-7-10(2)17-14(16-9)18-13(19)8-20-12-5-3-11(15)4-6-12/h3-7H,8H2,1-2H3,(H,16,17,18,19). The van der Waals surface area contributed by atoms with Gasteiger partial charge in [0.05, 0.1) is 5.75 Å². The maximum absolute atomic E-state index is 11.8. The summed E-state index contributed by atoms with van der Waals surface area (Å²) >= 11 is 7.24. The Morgan fingerprint density at radius 2 is 1.80 bits per heavy atom. The Balaban J connectivity index is 1.90. The van der Waals surface area contributed by atoms with Gasteiger partial charge in [-0.25, -0.2) is 9.97 Å². The summed E-state index contributed by atoms with van der Waals surface area (Å²) in [6.45, 7) is 3.74. The highest BCUT2D eigenvalue weighted by Crippen LogP contribution is 2.20. The van der Waals surface area contributed by atoms with E-state index >= 15 is 0 Å². The Kier molecular flexibility index (Phi) is 4.98. The van der Waals surface area contributed by atoms with Gasteiger partial charge >= 0.3 is 0 Å². The molecule has 0 bridgehead atoms. The first-order valence-electron chi connectivity index (χ1n) is 6.03. The SMILES string of the molecule is Cc1cc(C)nc(NC(=O)CSc2ccc(Cl)cc2)n1. The molecule has 0 aliphatic carbocycles. The summed E-state index contributed by atoms with van der Waals surface area (Å²) in [5, 5.41) is 3.38. The first-order valence-corrected chi connectivity index (χ1v) is 7.40. The summed E-state index contributed by atoms with van der Waals surface area (Å²) in [5.41, 5.74) is 1.66. The van der Waals surface area contributed by atoms with Crippen molar-refractivity contribution in [1.82, 2.24) is 9.97 Å². The Bertz CT molecular complexity index is 596. The Labute approximate surface area is 127 Å². The van der Waals surface area contributed by atoms with Gasteiger partial charge in [0.25, 0.3) is 0 Å². The Hall–Kier alpha value is -1.59. The third kappa shape index (κ3) is 4.51. The van der Waals surface area contributed by atoms with E-state index in [9.17, 15) is 4.79 Å². The van der Waals surface area contributed by atoms with E-state index in [1.165, 1.54) is 11.8 Å². The van der Waals surface area contributed by atoms with Crippen LogP contribution < -0.4 is 5.32 Å². The molecule has 0 aliphatic rings. The summed E-state index contributed by atoms with van der Waals surface area (Å²) in [6, 6.07) is 9.23. The minimum Gasteiger partial charge on any atom is -0.294 e. The summed E-state index contributed by atoms with van der Waals surface area (Å²) in [6.07, 6.45) is 0. The molecule has 6 heteroatoms. The summed E-state index contributed by atoms with van der Waals surface area (Å²) in [7, 11) is 0. The lowest BCUT2D eigenvalue weighted by Gasteiger charge is -2.05. The molecule has 1 amide bonds. The van der Waals surface area contributed by atoms with Gasteiger partial charge in [0.1, 0.15) is 0 Å². The molecular weight excluding hydrogens is 294 g/mol. The number of anilines is 1. The molecule has 0 unspecified atom stereocenters. The van der Waals surface area contributed by atoms with Gasteiger partial charge in [0.2, 0.25) is 11.9 Å². The number of aromatic nitrogens is 2. The maximum atomic E-state index is 11.8. The van der Waals surface area contributed by atoms with Gasteiger partial charge in [-0.3, -0.25) is 10.1 Å². The summed E-state index contributed by atoms with van der Waals surface area (Å²) in [5.74, 6) is 0.525. The minimum atomic E-state index is -0.130. The number of amides is 1. The van der Waals surface area contributed by atoms with Crippen LogP contribution in [0.5, 0.6) is 0 Å². The molecule has 0 saturated heterocycles. The number of halogens is 1. The summed E-state index contributed by atoms with van der Waals surface area (Å²) < 4.78 is 0. The molecule has 1 heterocycles. The van der Waals surface area contributed by atoms with E-state index in [0.29, 0.717) is 16.7 Å². The zero-order chi connectivity index (χ0) is 14.5. The van der Waals surface area contributed by atoms with Gasteiger partial charge in [-0.15, -0.1) is 11.8 Å². The van der Waals surface area contributed by atoms with Crippen molar-refractivity contribution in [3.63, 3.8) is 0 Å². The van der Waals surface area contributed by atoms with Gasteiger partial charge in [-0.1, -0.05) is 11.6 Å². The monoisotopic (exact) mass is 307 g/mol. The Morgan fingerprint density at radius 3 is 2.40 bits per heavy atom. The fourth-order valence-corrected chi connectivity index (χ4v) is 2.45. The number of nitrogens with zero attached hydrogens (tertiary/aromatic N) is 2. The van der Waals surface area contributed by atoms with Crippen LogP contribution in [-0.2, 0) is 4.79 Å². The lowest BCUT2D eigenvalue weighted by atomic mass is 10.4. The smallest absolute Gasteiger partial charge is 0.237 e. The molecule has 0 saturated carbocycles. The fraction of sp³-hybridized carbons (Fsp3) is 0.214. The zero-order valence-electron chi connectivity index (χ0n) is 11.2. The lowest BCUT2D eigenvalue weighted by molar-refractivity contribution is -0.113. The van der Waals surface area contributed by atoms with Crippen LogP contribution in [0, 0.1) is 13.8 Å². The number of rotatable bonds is 4. The maximum Gasteiger partial charge on any atom is 0.237 e. The van der Waals surface area contributed by atoms with Crippen molar-refractivity contribution in [1.29, 1.82) is 0 Å². The van der Waals surface area contributed by atoms with Gasteiger partial charge in [0.15, 0.2) is 0 Å². The highest BCUT2D eigenvalue weighted by Gasteiger charge is 2.06. The van der Waals surface area contributed by atoms with Gasteiger partial charge in [-0.05, 0) is 44.2 Å². The number of carbonyl (C=O) groups is 1. The second kappa shape index (κ2) is 6.72. The largest absolute Gasteiger partial charge is 0.294 e. The van der Waals surface area contributed by atoms with E-state index in [0.717, 1.165) is 16.3 Å². The minimum absolute atomic E-state index is 0.130. The number of aryl methyl sites for hydroxylation is 2. The zero-order valence-corrected chi connectivity index (χ0v) is 12.8. The average Bonchev–Trinajstić information content (AvgIpc) is 2.37. The fourth-order valence-electron chi connectivity index (χ4n) is 1.62. The van der Waals surface area contributed by atoms with Gasteiger partial charge in [-0.2, -0.15) is 0 Å². The quantitative estimate of drug-likeness (QED) is 0.879. The number of benzene rings is 1. The molecule has 2 aromatic rings. The molecular formula is C14H14ClN3OS. The van der Waals surface area contributed by atoms with Crippen molar-refractivity contribution >= 4 is 35.2 Å². The van der Waals surface area contributed by atoms with Crippen LogP contribution >= 0.6 is 23.4 Å². The van der Waals surface area contributed by atoms with Gasteiger partial charge in [0, 0.05) is 21.3 Å². The highest BCUT2D eigenvalue weighted by molar-refractivity contribution is 8.00. The van der Waals surface area contributed by atoms with E-state index in [1.54, 1.807) is 12.1 Å². The lowest BCUT2D eigenvalue weighted by Crippen LogP contribution is -2.16. The molecule has 0 fully saturated rings. The van der Waals surface area contributed by atoms with Crippen LogP contribution in [0.3, 0.4) is 0 Å². The molecule has 0 spiro atoms. The predicted octanol–water partition coefficient (Wildman–Crippen LogP) is 3.48. The number of hydrogen-bond donors (Lipinski definition) is 1. The Morgan fingerprint density at radius 1 is 1.20 bits per heavy atom. The van der Waals surface area contributed by atoms with Crippen LogP contribution in [0.2, 0.25) is 5.02 Å². The van der Waals surface area contributed by atoms with Crippen molar-refractivity contribution in [2.45, 2.75) is 18.7 Å². The third-order valence-corrected chi connectivity index (χ3v) is 3.68. The molecule has 0 radical (unpaired) electrons. The van der Waals surface area contributed by atoms with E-state index in [-0.39, 0.29) is 5.91 Å². The van der Waals surface area contributed by atoms with E-state index in [1.807, 2.05) is 32.0 Å². The van der Waals surface area contributed by atoms with Gasteiger partial charge < -0.3 is 0 Å². The number of nitrogens with one attached hydrogen (secondary N) is 1. The third-order valence-electron chi connectivity index (χ3n) is 2.42. The van der Waals surface area contributed by atoms with Crippen LogP contribution in [-0.4, -0.2) is 21.6 Å². The highest BCUT2D eigenvalue weighted by atomic mass is 35.5. The van der Waals surface area contributed by atoms with Crippen LogP contribution in [0.15, 0.2) is 35.2 Å². The molecule has 4 nitrogen and oxygen atoms in total. The van der Waals surface area contributed by atoms with Crippen LogP contribution in [0.25, 0.3) is 0 Å².